The third-order valence-electron chi connectivity index (χ3n) is 5.28. The Hall–Kier alpha value is -2.57. The first-order chi connectivity index (χ1) is 14.3. The summed E-state index contributed by atoms with van der Waals surface area (Å²) in [7, 11) is 0. The zero-order chi connectivity index (χ0) is 23.2. The molecule has 0 spiro atoms. The van der Waals surface area contributed by atoms with Gasteiger partial charge in [-0.15, -0.1) is 0 Å². The van der Waals surface area contributed by atoms with Gasteiger partial charge in [-0.25, -0.2) is 4.79 Å². The Morgan fingerprint density at radius 3 is 2.06 bits per heavy atom. The maximum atomic E-state index is 12.8. The molecule has 1 aliphatic rings. The number of amides is 3. The Morgan fingerprint density at radius 1 is 0.968 bits per heavy atom. The van der Waals surface area contributed by atoms with Crippen molar-refractivity contribution in [3.63, 3.8) is 0 Å². The zero-order valence-electron chi connectivity index (χ0n) is 19.7. The average Bonchev–Trinajstić information content (AvgIpc) is 2.69. The molecular formula is C24H37N3O4. The minimum absolute atomic E-state index is 0.0597. The van der Waals surface area contributed by atoms with Crippen LogP contribution in [-0.2, 0) is 14.9 Å². The van der Waals surface area contributed by atoms with Crippen molar-refractivity contribution in [1.29, 1.82) is 0 Å². The predicted octanol–water partition coefficient (Wildman–Crippen LogP) is 3.48. The fraction of sp³-hybridized carbons (Fsp3) is 0.625. The average molecular weight is 432 g/mol. The summed E-state index contributed by atoms with van der Waals surface area (Å²) in [6.07, 6.45) is 1.07. The van der Waals surface area contributed by atoms with Gasteiger partial charge in [-0.1, -0.05) is 32.9 Å². The summed E-state index contributed by atoms with van der Waals surface area (Å²) in [5, 5.41) is 5.31. The molecule has 31 heavy (non-hydrogen) atoms. The van der Waals surface area contributed by atoms with Crippen LogP contribution in [0.15, 0.2) is 24.3 Å². The monoisotopic (exact) mass is 431 g/mol. The third kappa shape index (κ3) is 8.23. The molecule has 0 bridgehead atoms. The van der Waals surface area contributed by atoms with Gasteiger partial charge in [0.15, 0.2) is 0 Å². The number of carbonyl (C=O) groups is 3. The quantitative estimate of drug-likeness (QED) is 0.747. The normalized spacial score (nSPS) is 15.4. The summed E-state index contributed by atoms with van der Waals surface area (Å²) in [6.45, 7) is 13.5. The molecule has 7 nitrogen and oxygen atoms in total. The molecule has 0 radical (unpaired) electrons. The highest BCUT2D eigenvalue weighted by atomic mass is 16.6. The van der Waals surface area contributed by atoms with Crippen molar-refractivity contribution in [3.05, 3.63) is 35.4 Å². The van der Waals surface area contributed by atoms with E-state index >= 15 is 0 Å². The molecule has 0 unspecified atom stereocenters. The Labute approximate surface area is 185 Å². The number of rotatable bonds is 5. The molecule has 2 rings (SSSR count). The van der Waals surface area contributed by atoms with E-state index in [0.29, 0.717) is 31.1 Å². The number of nitrogens with one attached hydrogen (secondary N) is 2. The van der Waals surface area contributed by atoms with Crippen molar-refractivity contribution in [2.24, 2.45) is 5.92 Å². The first kappa shape index (κ1) is 24.7. The highest BCUT2D eigenvalue weighted by molar-refractivity contribution is 5.94. The number of alkyl carbamates (subject to hydrolysis) is 1. The lowest BCUT2D eigenvalue weighted by Gasteiger charge is -2.32. The zero-order valence-corrected chi connectivity index (χ0v) is 19.7. The first-order valence-electron chi connectivity index (χ1n) is 11.0. The van der Waals surface area contributed by atoms with Crippen LogP contribution in [0.4, 0.5) is 4.79 Å². The van der Waals surface area contributed by atoms with Crippen LogP contribution in [-0.4, -0.2) is 54.6 Å². The molecule has 7 heteroatoms. The Bertz CT molecular complexity index is 767. The number of carbonyl (C=O) groups excluding carboxylic acids is 3. The molecule has 2 N–H and O–H groups in total. The van der Waals surface area contributed by atoms with Crippen molar-refractivity contribution < 1.29 is 19.1 Å². The van der Waals surface area contributed by atoms with Crippen LogP contribution in [0.25, 0.3) is 0 Å². The van der Waals surface area contributed by atoms with E-state index in [1.807, 2.05) is 29.2 Å². The van der Waals surface area contributed by atoms with Crippen LogP contribution in [0.5, 0.6) is 0 Å². The highest BCUT2D eigenvalue weighted by Gasteiger charge is 2.24. The lowest BCUT2D eigenvalue weighted by molar-refractivity contribution is -0.120. The maximum Gasteiger partial charge on any atom is 0.408 e. The van der Waals surface area contributed by atoms with E-state index in [2.05, 4.69) is 31.4 Å². The largest absolute Gasteiger partial charge is 0.444 e. The minimum Gasteiger partial charge on any atom is -0.444 e. The number of hydrogen-bond acceptors (Lipinski definition) is 4. The second kappa shape index (κ2) is 10.2. The van der Waals surface area contributed by atoms with Crippen LogP contribution in [0.3, 0.4) is 0 Å². The van der Waals surface area contributed by atoms with Crippen LogP contribution >= 0.6 is 0 Å². The van der Waals surface area contributed by atoms with Crippen molar-refractivity contribution in [1.82, 2.24) is 15.5 Å². The standard InChI is InChI=1S/C24H37N3O4/c1-23(2,3)19-9-7-18(8-10-19)21(29)27-13-11-17(12-14-27)15-25-20(28)16-26-22(30)31-24(4,5)6/h7-10,17H,11-16H2,1-6H3,(H,25,28)(H,26,30). The van der Waals surface area contributed by atoms with Crippen LogP contribution < -0.4 is 10.6 Å². The number of hydrogen-bond donors (Lipinski definition) is 2. The van der Waals surface area contributed by atoms with Gasteiger partial charge in [0.2, 0.25) is 5.91 Å². The molecule has 0 saturated carbocycles. The number of benzene rings is 1. The lowest BCUT2D eigenvalue weighted by Crippen LogP contribution is -2.44. The van der Waals surface area contributed by atoms with E-state index in [9.17, 15) is 14.4 Å². The van der Waals surface area contributed by atoms with Crippen LogP contribution in [0.2, 0.25) is 0 Å². The molecular weight excluding hydrogens is 394 g/mol. The minimum atomic E-state index is -0.606. The number of nitrogens with zero attached hydrogens (tertiary/aromatic N) is 1. The fourth-order valence-corrected chi connectivity index (χ4v) is 3.42. The number of piperidine rings is 1. The molecule has 0 atom stereocenters. The second-order valence-electron chi connectivity index (χ2n) is 10.2. The van der Waals surface area contributed by atoms with Gasteiger partial charge in [0.1, 0.15) is 5.60 Å². The Kier molecular flexibility index (Phi) is 8.09. The van der Waals surface area contributed by atoms with Gasteiger partial charge >= 0.3 is 6.09 Å². The summed E-state index contributed by atoms with van der Waals surface area (Å²) in [6, 6.07) is 7.88. The van der Waals surface area contributed by atoms with E-state index in [1.165, 1.54) is 5.56 Å². The lowest BCUT2D eigenvalue weighted by atomic mass is 9.86. The Balaban J connectivity index is 1.72. The predicted molar refractivity (Wildman–Crippen MR) is 121 cm³/mol. The molecule has 0 aromatic heterocycles. The molecule has 172 valence electrons. The van der Waals surface area contributed by atoms with Gasteiger partial charge in [-0.05, 0) is 62.6 Å². The summed E-state index contributed by atoms with van der Waals surface area (Å²) < 4.78 is 5.11. The van der Waals surface area contributed by atoms with Gasteiger partial charge < -0.3 is 20.3 Å². The summed E-state index contributed by atoms with van der Waals surface area (Å²) in [4.78, 5) is 38.2. The van der Waals surface area contributed by atoms with Crippen molar-refractivity contribution in [2.45, 2.75) is 65.4 Å². The fourth-order valence-electron chi connectivity index (χ4n) is 3.42. The molecule has 1 aliphatic heterocycles. The highest BCUT2D eigenvalue weighted by Crippen LogP contribution is 2.23. The SMILES string of the molecule is CC(C)(C)OC(=O)NCC(=O)NCC1CCN(C(=O)c2ccc(C(C)(C)C)cc2)CC1. The van der Waals surface area contributed by atoms with E-state index in [0.717, 1.165) is 12.8 Å². The molecule has 1 aromatic carbocycles. The smallest absolute Gasteiger partial charge is 0.408 e. The van der Waals surface area contributed by atoms with Crippen molar-refractivity contribution in [2.75, 3.05) is 26.2 Å². The second-order valence-corrected chi connectivity index (χ2v) is 10.2. The number of likely N-dealkylation sites (tertiary alicyclic amines) is 1. The first-order valence-corrected chi connectivity index (χ1v) is 11.0. The van der Waals surface area contributed by atoms with Gasteiger partial charge in [0, 0.05) is 25.2 Å². The van der Waals surface area contributed by atoms with E-state index in [1.54, 1.807) is 20.8 Å². The summed E-state index contributed by atoms with van der Waals surface area (Å²) >= 11 is 0. The van der Waals surface area contributed by atoms with Gasteiger partial charge in [-0.2, -0.15) is 0 Å². The molecule has 1 aromatic rings. The molecule has 0 aliphatic carbocycles. The van der Waals surface area contributed by atoms with E-state index in [4.69, 9.17) is 4.74 Å². The van der Waals surface area contributed by atoms with Crippen LogP contribution in [0, 0.1) is 5.92 Å². The molecule has 3 amide bonds. The van der Waals surface area contributed by atoms with Crippen molar-refractivity contribution in [3.8, 4) is 0 Å². The maximum absolute atomic E-state index is 12.8. The van der Waals surface area contributed by atoms with Gasteiger partial charge in [0.25, 0.3) is 5.91 Å². The van der Waals surface area contributed by atoms with Gasteiger partial charge in [-0.3, -0.25) is 9.59 Å². The van der Waals surface area contributed by atoms with Crippen LogP contribution in [0.1, 0.15) is 70.3 Å². The van der Waals surface area contributed by atoms with E-state index in [-0.39, 0.29) is 23.8 Å². The topological polar surface area (TPSA) is 87.7 Å². The van der Waals surface area contributed by atoms with Crippen molar-refractivity contribution >= 4 is 17.9 Å². The number of ether oxygens (including phenoxy) is 1. The summed E-state index contributed by atoms with van der Waals surface area (Å²) in [5.41, 5.74) is 1.39. The molecule has 1 saturated heterocycles. The molecule has 1 heterocycles. The Morgan fingerprint density at radius 2 is 1.55 bits per heavy atom. The third-order valence-corrected chi connectivity index (χ3v) is 5.28. The summed E-state index contributed by atoms with van der Waals surface area (Å²) in [5.74, 6) is 0.130. The molecule has 1 fully saturated rings. The van der Waals surface area contributed by atoms with E-state index < -0.39 is 11.7 Å². The van der Waals surface area contributed by atoms with Gasteiger partial charge in [0.05, 0.1) is 6.54 Å².